The Hall–Kier alpha value is -1.67. The first-order valence-corrected chi connectivity index (χ1v) is 7.92. The van der Waals surface area contributed by atoms with Crippen molar-refractivity contribution in [3.8, 4) is 0 Å². The van der Waals surface area contributed by atoms with Gasteiger partial charge in [0.2, 0.25) is 10.0 Å². The van der Waals surface area contributed by atoms with E-state index in [1.54, 1.807) is 0 Å². The minimum atomic E-state index is -3.66. The Morgan fingerprint density at radius 1 is 1.40 bits per heavy atom. The fourth-order valence-corrected chi connectivity index (χ4v) is 3.21. The second-order valence-electron chi connectivity index (χ2n) is 4.96. The number of nitrogens with one attached hydrogen (secondary N) is 1. The van der Waals surface area contributed by atoms with Crippen molar-refractivity contribution in [1.82, 2.24) is 4.72 Å². The molecule has 0 aliphatic heterocycles. The summed E-state index contributed by atoms with van der Waals surface area (Å²) >= 11 is 0. The number of nitrogens with zero attached hydrogens (tertiary/aromatic N) is 1. The van der Waals surface area contributed by atoms with Crippen LogP contribution >= 0.6 is 0 Å². The molecule has 0 heterocycles. The van der Waals surface area contributed by atoms with E-state index in [0.717, 1.165) is 31.4 Å². The van der Waals surface area contributed by atoms with Gasteiger partial charge in [0.1, 0.15) is 5.69 Å². The van der Waals surface area contributed by atoms with Crippen LogP contribution in [0.25, 0.3) is 0 Å². The Labute approximate surface area is 117 Å². The molecule has 1 aromatic rings. The molecule has 20 heavy (non-hydrogen) atoms. The molecule has 7 nitrogen and oxygen atoms in total. The van der Waals surface area contributed by atoms with Crippen LogP contribution in [-0.2, 0) is 10.0 Å². The van der Waals surface area contributed by atoms with E-state index in [1.165, 1.54) is 12.5 Å². The Morgan fingerprint density at radius 3 is 2.60 bits per heavy atom. The molecular formula is C12H17N3O4S. The van der Waals surface area contributed by atoms with Crippen LogP contribution in [0.4, 0.5) is 11.4 Å². The van der Waals surface area contributed by atoms with Crippen molar-refractivity contribution >= 4 is 21.4 Å². The Bertz CT molecular complexity index is 611. The molecule has 110 valence electrons. The fraction of sp³-hybridized carbons (Fsp3) is 0.500. The predicted octanol–water partition coefficient (Wildman–Crippen LogP) is 1.65. The molecule has 0 atom stereocenters. The van der Waals surface area contributed by atoms with Gasteiger partial charge in [0.05, 0.1) is 9.82 Å². The maximum absolute atomic E-state index is 12.0. The average molecular weight is 299 g/mol. The molecule has 0 unspecified atom stereocenters. The van der Waals surface area contributed by atoms with Gasteiger partial charge in [-0.05, 0) is 24.5 Å². The monoisotopic (exact) mass is 299 g/mol. The zero-order chi connectivity index (χ0) is 14.8. The van der Waals surface area contributed by atoms with Gasteiger partial charge in [-0.3, -0.25) is 10.1 Å². The van der Waals surface area contributed by atoms with Gasteiger partial charge in [-0.1, -0.05) is 19.3 Å². The Balaban J connectivity index is 2.04. The number of nitro groups is 1. The summed E-state index contributed by atoms with van der Waals surface area (Å²) in [5.74, 6) is 0.611. The lowest BCUT2D eigenvalue weighted by molar-refractivity contribution is -0.383. The summed E-state index contributed by atoms with van der Waals surface area (Å²) in [7, 11) is -3.66. The largest absolute Gasteiger partial charge is 0.393 e. The van der Waals surface area contributed by atoms with Gasteiger partial charge >= 0.3 is 0 Å². The highest BCUT2D eigenvalue weighted by atomic mass is 32.2. The molecule has 1 aliphatic rings. The van der Waals surface area contributed by atoms with Crippen molar-refractivity contribution in [3.63, 3.8) is 0 Å². The van der Waals surface area contributed by atoms with Crippen molar-refractivity contribution in [1.29, 1.82) is 0 Å². The zero-order valence-electron chi connectivity index (χ0n) is 10.9. The molecule has 0 radical (unpaired) electrons. The smallest absolute Gasteiger partial charge is 0.292 e. The lowest BCUT2D eigenvalue weighted by atomic mass is 9.83. The summed E-state index contributed by atoms with van der Waals surface area (Å²) in [6.45, 7) is 0.379. The molecule has 0 aromatic heterocycles. The molecule has 0 bridgehead atoms. The summed E-state index contributed by atoms with van der Waals surface area (Å²) in [5, 5.41) is 10.6. The molecule has 3 N–H and O–H groups in total. The molecule has 0 amide bonds. The summed E-state index contributed by atoms with van der Waals surface area (Å²) < 4.78 is 26.5. The lowest BCUT2D eigenvalue weighted by Gasteiger charge is -2.25. The maximum Gasteiger partial charge on any atom is 0.292 e. The second kappa shape index (κ2) is 5.76. The molecule has 1 fully saturated rings. The number of nitrogen functional groups attached to an aromatic ring is 1. The number of nitrogens with two attached hydrogens (primary N) is 1. The normalized spacial score (nSPS) is 15.8. The number of hydrogen-bond donors (Lipinski definition) is 2. The van der Waals surface area contributed by atoms with E-state index in [1.807, 2.05) is 0 Å². The topological polar surface area (TPSA) is 115 Å². The molecule has 0 spiro atoms. The second-order valence-corrected chi connectivity index (χ2v) is 6.73. The highest BCUT2D eigenvalue weighted by Gasteiger charge is 2.21. The van der Waals surface area contributed by atoms with E-state index in [4.69, 9.17) is 5.73 Å². The SMILES string of the molecule is Nc1cc(S(=O)(=O)NCCC2CCC2)ccc1[N+](=O)[O-]. The third-order valence-corrected chi connectivity index (χ3v) is 5.03. The minimum Gasteiger partial charge on any atom is -0.393 e. The number of sulfonamides is 1. The van der Waals surface area contributed by atoms with Gasteiger partial charge in [-0.25, -0.2) is 13.1 Å². The van der Waals surface area contributed by atoms with Crippen molar-refractivity contribution in [3.05, 3.63) is 28.3 Å². The third kappa shape index (κ3) is 3.26. The standard InChI is InChI=1S/C12H17N3O4S/c13-11-8-10(4-5-12(11)15(16)17)20(18,19)14-7-6-9-2-1-3-9/h4-5,8-9,14H,1-3,6-7,13H2. The van der Waals surface area contributed by atoms with Crippen molar-refractivity contribution in [2.75, 3.05) is 12.3 Å². The van der Waals surface area contributed by atoms with Gasteiger partial charge in [0, 0.05) is 12.6 Å². The zero-order valence-corrected chi connectivity index (χ0v) is 11.7. The summed E-state index contributed by atoms with van der Waals surface area (Å²) in [6, 6.07) is 3.42. The summed E-state index contributed by atoms with van der Waals surface area (Å²) in [6.07, 6.45) is 4.36. The number of rotatable bonds is 6. The molecule has 2 rings (SSSR count). The number of hydrogen-bond acceptors (Lipinski definition) is 5. The van der Waals surface area contributed by atoms with E-state index < -0.39 is 14.9 Å². The molecule has 8 heteroatoms. The Kier molecular flexibility index (Phi) is 4.24. The van der Waals surface area contributed by atoms with Crippen molar-refractivity contribution in [2.45, 2.75) is 30.6 Å². The molecular weight excluding hydrogens is 282 g/mol. The van der Waals surface area contributed by atoms with Crippen LogP contribution < -0.4 is 10.5 Å². The van der Waals surface area contributed by atoms with Crippen LogP contribution in [0.2, 0.25) is 0 Å². The van der Waals surface area contributed by atoms with E-state index in [-0.39, 0.29) is 16.3 Å². The lowest BCUT2D eigenvalue weighted by Crippen LogP contribution is -2.27. The first-order valence-electron chi connectivity index (χ1n) is 6.44. The van der Waals surface area contributed by atoms with Crippen molar-refractivity contribution < 1.29 is 13.3 Å². The van der Waals surface area contributed by atoms with Crippen LogP contribution in [0.3, 0.4) is 0 Å². The first-order chi connectivity index (χ1) is 9.40. The summed E-state index contributed by atoms with van der Waals surface area (Å²) in [5.41, 5.74) is 5.04. The van der Waals surface area contributed by atoms with Crippen LogP contribution in [-0.4, -0.2) is 19.9 Å². The van der Waals surface area contributed by atoms with Crippen LogP contribution in [0.5, 0.6) is 0 Å². The van der Waals surface area contributed by atoms with E-state index >= 15 is 0 Å². The van der Waals surface area contributed by atoms with Gasteiger partial charge in [0.15, 0.2) is 0 Å². The average Bonchev–Trinajstić information content (AvgIpc) is 2.31. The van der Waals surface area contributed by atoms with E-state index in [2.05, 4.69) is 4.72 Å². The highest BCUT2D eigenvalue weighted by molar-refractivity contribution is 7.89. The fourth-order valence-electron chi connectivity index (χ4n) is 2.13. The van der Waals surface area contributed by atoms with Gasteiger partial charge < -0.3 is 5.73 Å². The summed E-state index contributed by atoms with van der Waals surface area (Å²) in [4.78, 5) is 9.94. The number of nitro benzene ring substituents is 1. The molecule has 1 saturated carbocycles. The van der Waals surface area contributed by atoms with Crippen LogP contribution in [0.1, 0.15) is 25.7 Å². The first kappa shape index (κ1) is 14.7. The van der Waals surface area contributed by atoms with E-state index in [0.29, 0.717) is 12.5 Å². The van der Waals surface area contributed by atoms with Gasteiger partial charge in [-0.2, -0.15) is 0 Å². The quantitative estimate of drug-likeness (QED) is 0.470. The van der Waals surface area contributed by atoms with Crippen LogP contribution in [0, 0.1) is 16.0 Å². The minimum absolute atomic E-state index is 0.0470. The van der Waals surface area contributed by atoms with Gasteiger partial charge in [0.25, 0.3) is 5.69 Å². The van der Waals surface area contributed by atoms with Gasteiger partial charge in [-0.15, -0.1) is 0 Å². The number of anilines is 1. The number of benzene rings is 1. The third-order valence-electron chi connectivity index (χ3n) is 3.58. The molecule has 1 aliphatic carbocycles. The van der Waals surface area contributed by atoms with E-state index in [9.17, 15) is 18.5 Å². The molecule has 0 saturated heterocycles. The predicted molar refractivity (Wildman–Crippen MR) is 74.7 cm³/mol. The van der Waals surface area contributed by atoms with Crippen molar-refractivity contribution in [2.24, 2.45) is 5.92 Å². The molecule has 1 aromatic carbocycles. The highest BCUT2D eigenvalue weighted by Crippen LogP contribution is 2.29. The maximum atomic E-state index is 12.0. The Morgan fingerprint density at radius 2 is 2.10 bits per heavy atom. The van der Waals surface area contributed by atoms with Crippen LogP contribution in [0.15, 0.2) is 23.1 Å².